The van der Waals surface area contributed by atoms with Gasteiger partial charge in [0.1, 0.15) is 0 Å². The number of nitrogens with zero attached hydrogens (tertiary/aromatic N) is 1. The van der Waals surface area contributed by atoms with Crippen LogP contribution in [0.25, 0.3) is 0 Å². The molecule has 0 bridgehead atoms. The molecular formula is C14H15NO5. The summed E-state index contributed by atoms with van der Waals surface area (Å²) in [6.45, 7) is 0.579. The lowest BCUT2D eigenvalue weighted by atomic mass is 9.97. The molecule has 1 fully saturated rings. The van der Waals surface area contributed by atoms with E-state index in [0.717, 1.165) is 0 Å². The minimum Gasteiger partial charge on any atom is -0.481 e. The highest BCUT2D eigenvalue weighted by atomic mass is 16.6. The van der Waals surface area contributed by atoms with Gasteiger partial charge in [-0.1, -0.05) is 18.2 Å². The second kappa shape index (κ2) is 6.18. The smallest absolute Gasteiger partial charge is 0.417 e. The largest absolute Gasteiger partial charge is 0.481 e. The topological polar surface area (TPSA) is 83.9 Å². The number of amides is 1. The zero-order chi connectivity index (χ0) is 14.5. The second-order valence-corrected chi connectivity index (χ2v) is 4.62. The van der Waals surface area contributed by atoms with Crippen LogP contribution in [0.4, 0.5) is 4.79 Å². The zero-order valence-electron chi connectivity index (χ0n) is 10.8. The Kier molecular flexibility index (Phi) is 4.34. The van der Waals surface area contributed by atoms with Gasteiger partial charge in [-0.25, -0.2) is 9.59 Å². The van der Waals surface area contributed by atoms with Crippen LogP contribution in [0.2, 0.25) is 0 Å². The Labute approximate surface area is 115 Å². The molecule has 106 valence electrons. The van der Waals surface area contributed by atoms with Crippen molar-refractivity contribution in [3.8, 4) is 0 Å². The van der Waals surface area contributed by atoms with Gasteiger partial charge in [-0.2, -0.15) is 0 Å². The van der Waals surface area contributed by atoms with Crippen molar-refractivity contribution >= 4 is 18.0 Å². The molecule has 20 heavy (non-hydrogen) atoms. The van der Waals surface area contributed by atoms with E-state index in [-0.39, 0.29) is 13.1 Å². The summed E-state index contributed by atoms with van der Waals surface area (Å²) >= 11 is 0. The Morgan fingerprint density at radius 2 is 1.70 bits per heavy atom. The maximum atomic E-state index is 11.8. The van der Waals surface area contributed by atoms with Gasteiger partial charge in [-0.15, -0.1) is 0 Å². The van der Waals surface area contributed by atoms with Crippen molar-refractivity contribution in [3.63, 3.8) is 0 Å². The Morgan fingerprint density at radius 3 is 2.25 bits per heavy atom. The van der Waals surface area contributed by atoms with E-state index in [1.54, 1.807) is 30.3 Å². The Morgan fingerprint density at radius 1 is 1.10 bits per heavy atom. The molecule has 0 unspecified atom stereocenters. The molecule has 1 N–H and O–H groups in total. The number of aliphatic carboxylic acids is 1. The number of rotatable bonds is 2. The van der Waals surface area contributed by atoms with E-state index in [4.69, 9.17) is 9.84 Å². The van der Waals surface area contributed by atoms with Gasteiger partial charge >= 0.3 is 18.0 Å². The minimum absolute atomic E-state index is 0.290. The molecule has 1 aliphatic rings. The van der Waals surface area contributed by atoms with Gasteiger partial charge in [0.05, 0.1) is 11.5 Å². The Bertz CT molecular complexity index is 506. The van der Waals surface area contributed by atoms with Crippen LogP contribution in [0.3, 0.4) is 0 Å². The van der Waals surface area contributed by atoms with Crippen LogP contribution in [0.5, 0.6) is 0 Å². The standard InChI is InChI=1S/C14H15NO5/c16-12(17)10-6-8-15(9-7-10)14(19)20-13(18)11-4-2-1-3-5-11/h1-5,10H,6-9H2,(H,16,17). The molecule has 1 aromatic carbocycles. The van der Waals surface area contributed by atoms with Crippen molar-refractivity contribution in [2.75, 3.05) is 13.1 Å². The third-order valence-electron chi connectivity index (χ3n) is 3.29. The maximum Gasteiger partial charge on any atom is 0.417 e. The van der Waals surface area contributed by atoms with Crippen molar-refractivity contribution < 1.29 is 24.2 Å². The first-order valence-electron chi connectivity index (χ1n) is 6.37. The summed E-state index contributed by atoms with van der Waals surface area (Å²) in [6, 6.07) is 8.24. The molecule has 0 radical (unpaired) electrons. The van der Waals surface area contributed by atoms with Crippen LogP contribution in [0, 0.1) is 5.92 Å². The first-order chi connectivity index (χ1) is 9.58. The lowest BCUT2D eigenvalue weighted by Crippen LogP contribution is -2.41. The number of carboxylic acids is 1. The summed E-state index contributed by atoms with van der Waals surface area (Å²) in [7, 11) is 0. The fourth-order valence-corrected chi connectivity index (χ4v) is 2.09. The van der Waals surface area contributed by atoms with E-state index in [0.29, 0.717) is 18.4 Å². The van der Waals surface area contributed by atoms with Crippen LogP contribution >= 0.6 is 0 Å². The number of carboxylic acid groups (broad SMARTS) is 1. The number of esters is 1. The summed E-state index contributed by atoms with van der Waals surface area (Å²) in [5.41, 5.74) is 0.307. The molecular weight excluding hydrogens is 262 g/mol. The van der Waals surface area contributed by atoms with Crippen molar-refractivity contribution in [2.24, 2.45) is 5.92 Å². The molecule has 1 heterocycles. The van der Waals surface area contributed by atoms with Gasteiger partial charge in [0.15, 0.2) is 0 Å². The van der Waals surface area contributed by atoms with Crippen molar-refractivity contribution in [3.05, 3.63) is 35.9 Å². The highest BCUT2D eigenvalue weighted by molar-refractivity contribution is 5.96. The average Bonchev–Trinajstić information content (AvgIpc) is 2.48. The molecule has 1 saturated heterocycles. The van der Waals surface area contributed by atoms with Crippen molar-refractivity contribution in [2.45, 2.75) is 12.8 Å². The van der Waals surface area contributed by atoms with E-state index in [1.807, 2.05) is 0 Å². The fraction of sp³-hybridized carbons (Fsp3) is 0.357. The van der Waals surface area contributed by atoms with Crippen LogP contribution in [0.1, 0.15) is 23.2 Å². The molecule has 1 aromatic rings. The van der Waals surface area contributed by atoms with Crippen LogP contribution in [0.15, 0.2) is 30.3 Å². The van der Waals surface area contributed by atoms with Gasteiger partial charge in [0.2, 0.25) is 0 Å². The molecule has 0 aromatic heterocycles. The molecule has 6 nitrogen and oxygen atoms in total. The van der Waals surface area contributed by atoms with Gasteiger partial charge in [-0.3, -0.25) is 4.79 Å². The number of carbonyl (C=O) groups excluding carboxylic acids is 2. The first-order valence-corrected chi connectivity index (χ1v) is 6.37. The number of hydrogen-bond acceptors (Lipinski definition) is 4. The van der Waals surface area contributed by atoms with Gasteiger partial charge in [-0.05, 0) is 25.0 Å². The van der Waals surface area contributed by atoms with Crippen molar-refractivity contribution in [1.29, 1.82) is 0 Å². The summed E-state index contributed by atoms with van der Waals surface area (Å²) in [5.74, 6) is -1.97. The Balaban J connectivity index is 1.87. The number of hydrogen-bond donors (Lipinski definition) is 1. The van der Waals surface area contributed by atoms with Crippen molar-refractivity contribution in [1.82, 2.24) is 4.90 Å². The normalized spacial score (nSPS) is 15.7. The molecule has 2 rings (SSSR count). The predicted molar refractivity (Wildman–Crippen MR) is 69.2 cm³/mol. The SMILES string of the molecule is O=C(OC(=O)N1CCC(C(=O)O)CC1)c1ccccc1. The van der Waals surface area contributed by atoms with Crippen LogP contribution in [-0.4, -0.2) is 41.1 Å². The Hall–Kier alpha value is -2.37. The monoisotopic (exact) mass is 277 g/mol. The molecule has 0 spiro atoms. The molecule has 1 aliphatic heterocycles. The second-order valence-electron chi connectivity index (χ2n) is 4.62. The minimum atomic E-state index is -0.849. The van der Waals surface area contributed by atoms with E-state index >= 15 is 0 Å². The van der Waals surface area contributed by atoms with Gasteiger partial charge < -0.3 is 14.7 Å². The number of ether oxygens (including phenoxy) is 1. The molecule has 0 aliphatic carbocycles. The third kappa shape index (κ3) is 3.34. The summed E-state index contributed by atoms with van der Waals surface area (Å²) < 4.78 is 4.77. The predicted octanol–water partition coefficient (Wildman–Crippen LogP) is 1.76. The lowest BCUT2D eigenvalue weighted by molar-refractivity contribution is -0.143. The van der Waals surface area contributed by atoms with Gasteiger partial charge in [0.25, 0.3) is 0 Å². The van der Waals surface area contributed by atoms with E-state index < -0.39 is 23.9 Å². The first kappa shape index (κ1) is 14.0. The average molecular weight is 277 g/mol. The molecule has 6 heteroatoms. The zero-order valence-corrected chi connectivity index (χ0v) is 10.8. The molecule has 0 atom stereocenters. The summed E-state index contributed by atoms with van der Waals surface area (Å²) in [5, 5.41) is 8.87. The molecule has 0 saturated carbocycles. The lowest BCUT2D eigenvalue weighted by Gasteiger charge is -2.28. The fourth-order valence-electron chi connectivity index (χ4n) is 2.09. The highest BCUT2D eigenvalue weighted by Crippen LogP contribution is 2.18. The number of piperidine rings is 1. The number of benzene rings is 1. The van der Waals surface area contributed by atoms with E-state index in [1.165, 1.54) is 4.90 Å². The van der Waals surface area contributed by atoms with Crippen LogP contribution < -0.4 is 0 Å². The summed E-state index contributed by atoms with van der Waals surface area (Å²) in [6.07, 6.45) is 0.0381. The number of carbonyl (C=O) groups is 3. The molecule has 1 amide bonds. The number of likely N-dealkylation sites (tertiary alicyclic amines) is 1. The van der Waals surface area contributed by atoms with E-state index in [9.17, 15) is 14.4 Å². The van der Waals surface area contributed by atoms with Gasteiger partial charge in [0, 0.05) is 13.1 Å². The maximum absolute atomic E-state index is 11.8. The highest BCUT2D eigenvalue weighted by Gasteiger charge is 2.28. The third-order valence-corrected chi connectivity index (χ3v) is 3.29. The quantitative estimate of drug-likeness (QED) is 0.657. The van der Waals surface area contributed by atoms with E-state index in [2.05, 4.69) is 0 Å². The summed E-state index contributed by atoms with van der Waals surface area (Å²) in [4.78, 5) is 35.7. The van der Waals surface area contributed by atoms with Crippen LogP contribution in [-0.2, 0) is 9.53 Å².